The number of nitrogens with one attached hydrogen (secondary N) is 1. The van der Waals surface area contributed by atoms with Gasteiger partial charge in [0.05, 0.1) is 6.42 Å². The summed E-state index contributed by atoms with van der Waals surface area (Å²) in [5, 5.41) is 12.7. The van der Waals surface area contributed by atoms with Gasteiger partial charge in [0.25, 0.3) is 0 Å². The average molecular weight is 262 g/mol. The van der Waals surface area contributed by atoms with Crippen LogP contribution < -0.4 is 5.32 Å². The van der Waals surface area contributed by atoms with Crippen molar-refractivity contribution in [2.24, 2.45) is 0 Å². The molecule has 0 unspecified atom stereocenters. The zero-order chi connectivity index (χ0) is 13.0. The van der Waals surface area contributed by atoms with Gasteiger partial charge in [0.1, 0.15) is 5.75 Å². The number of amides is 1. The highest BCUT2D eigenvalue weighted by atomic mass is 35.5. The van der Waals surface area contributed by atoms with Crippen molar-refractivity contribution in [3.8, 4) is 5.75 Å². The molecule has 92 valence electrons. The third kappa shape index (κ3) is 3.50. The molecule has 2 aromatic carbocycles. The van der Waals surface area contributed by atoms with Crippen LogP contribution >= 0.6 is 11.6 Å². The molecule has 0 bridgehead atoms. The Morgan fingerprint density at radius 2 is 1.89 bits per heavy atom. The molecule has 0 spiro atoms. The number of aromatic hydroxyl groups is 1. The van der Waals surface area contributed by atoms with Crippen LogP contribution in [0.25, 0.3) is 0 Å². The number of rotatable bonds is 3. The lowest BCUT2D eigenvalue weighted by atomic mass is 10.1. The summed E-state index contributed by atoms with van der Waals surface area (Å²) in [6.07, 6.45) is 0.219. The van der Waals surface area contributed by atoms with E-state index in [1.165, 1.54) is 0 Å². The molecule has 0 aliphatic carbocycles. The highest BCUT2D eigenvalue weighted by molar-refractivity contribution is 6.30. The van der Waals surface area contributed by atoms with Crippen molar-refractivity contribution in [2.75, 3.05) is 5.32 Å². The Morgan fingerprint density at radius 1 is 1.17 bits per heavy atom. The van der Waals surface area contributed by atoms with E-state index < -0.39 is 0 Å². The minimum Gasteiger partial charge on any atom is -0.508 e. The van der Waals surface area contributed by atoms with Crippen molar-refractivity contribution in [2.45, 2.75) is 6.42 Å². The van der Waals surface area contributed by atoms with Crippen LogP contribution in [0.15, 0.2) is 48.5 Å². The number of hydrogen-bond donors (Lipinski definition) is 2. The van der Waals surface area contributed by atoms with Crippen molar-refractivity contribution >= 4 is 23.2 Å². The van der Waals surface area contributed by atoms with E-state index in [4.69, 9.17) is 11.6 Å². The second-order valence-electron chi connectivity index (χ2n) is 3.90. The van der Waals surface area contributed by atoms with Crippen LogP contribution in [-0.4, -0.2) is 11.0 Å². The lowest BCUT2D eigenvalue weighted by Crippen LogP contribution is -2.14. The van der Waals surface area contributed by atoms with E-state index in [9.17, 15) is 9.90 Å². The number of carbonyl (C=O) groups excluding carboxylic acids is 1. The summed E-state index contributed by atoms with van der Waals surface area (Å²) < 4.78 is 0. The normalized spacial score (nSPS) is 10.1. The minimum absolute atomic E-state index is 0.136. The van der Waals surface area contributed by atoms with Gasteiger partial charge in [-0.2, -0.15) is 0 Å². The highest BCUT2D eigenvalue weighted by Crippen LogP contribution is 2.15. The Labute approximate surface area is 110 Å². The van der Waals surface area contributed by atoms with Gasteiger partial charge >= 0.3 is 0 Å². The van der Waals surface area contributed by atoms with E-state index >= 15 is 0 Å². The molecule has 0 aliphatic heterocycles. The standard InChI is InChI=1S/C14H12ClNO2/c15-11-4-6-12(7-5-11)16-14(18)9-10-2-1-3-13(17)8-10/h1-8,17H,9H2,(H,16,18). The largest absolute Gasteiger partial charge is 0.508 e. The summed E-state index contributed by atoms with van der Waals surface area (Å²) >= 11 is 5.75. The number of anilines is 1. The summed E-state index contributed by atoms with van der Waals surface area (Å²) in [7, 11) is 0. The second-order valence-corrected chi connectivity index (χ2v) is 4.34. The van der Waals surface area contributed by atoms with Crippen LogP contribution in [0.3, 0.4) is 0 Å². The number of hydrogen-bond acceptors (Lipinski definition) is 2. The van der Waals surface area contributed by atoms with Crippen molar-refractivity contribution in [1.82, 2.24) is 0 Å². The van der Waals surface area contributed by atoms with Gasteiger partial charge in [0.2, 0.25) is 5.91 Å². The second kappa shape index (κ2) is 5.56. The maximum Gasteiger partial charge on any atom is 0.228 e. The summed E-state index contributed by atoms with van der Waals surface area (Å²) in [5.41, 5.74) is 1.46. The van der Waals surface area contributed by atoms with E-state index in [0.29, 0.717) is 10.7 Å². The minimum atomic E-state index is -0.136. The molecule has 18 heavy (non-hydrogen) atoms. The van der Waals surface area contributed by atoms with Crippen LogP contribution in [0.2, 0.25) is 5.02 Å². The van der Waals surface area contributed by atoms with Gasteiger partial charge in [0.15, 0.2) is 0 Å². The molecule has 0 saturated heterocycles. The third-order valence-corrected chi connectivity index (χ3v) is 2.66. The number of phenolic OH excluding ortho intramolecular Hbond substituents is 1. The first kappa shape index (κ1) is 12.5. The van der Waals surface area contributed by atoms with Gasteiger partial charge in [-0.3, -0.25) is 4.79 Å². The lowest BCUT2D eigenvalue weighted by Gasteiger charge is -2.05. The van der Waals surface area contributed by atoms with Crippen LogP contribution in [0.4, 0.5) is 5.69 Å². The fourth-order valence-corrected chi connectivity index (χ4v) is 1.72. The van der Waals surface area contributed by atoms with Crippen LogP contribution in [0.1, 0.15) is 5.56 Å². The first-order valence-electron chi connectivity index (χ1n) is 5.47. The third-order valence-electron chi connectivity index (χ3n) is 2.40. The molecular formula is C14H12ClNO2. The topological polar surface area (TPSA) is 49.3 Å². The smallest absolute Gasteiger partial charge is 0.228 e. The molecular weight excluding hydrogens is 250 g/mol. The quantitative estimate of drug-likeness (QED) is 0.891. The van der Waals surface area contributed by atoms with Gasteiger partial charge in [-0.1, -0.05) is 23.7 Å². The SMILES string of the molecule is O=C(Cc1cccc(O)c1)Nc1ccc(Cl)cc1. The monoisotopic (exact) mass is 261 g/mol. The summed E-state index contributed by atoms with van der Waals surface area (Å²) in [6, 6.07) is 13.5. The molecule has 1 amide bonds. The maximum atomic E-state index is 11.8. The highest BCUT2D eigenvalue weighted by Gasteiger charge is 2.04. The van der Waals surface area contributed by atoms with Crippen LogP contribution in [-0.2, 0) is 11.2 Å². The van der Waals surface area contributed by atoms with Crippen molar-refractivity contribution in [3.63, 3.8) is 0 Å². The fourth-order valence-electron chi connectivity index (χ4n) is 1.59. The van der Waals surface area contributed by atoms with Gasteiger partial charge in [-0.25, -0.2) is 0 Å². The first-order chi connectivity index (χ1) is 8.63. The van der Waals surface area contributed by atoms with Crippen LogP contribution in [0, 0.1) is 0 Å². The fraction of sp³-hybridized carbons (Fsp3) is 0.0714. The molecule has 2 aromatic rings. The Hall–Kier alpha value is -2.00. The lowest BCUT2D eigenvalue weighted by molar-refractivity contribution is -0.115. The van der Waals surface area contributed by atoms with Gasteiger partial charge in [-0.05, 0) is 42.0 Å². The van der Waals surface area contributed by atoms with Gasteiger partial charge in [-0.15, -0.1) is 0 Å². The molecule has 0 heterocycles. The van der Waals surface area contributed by atoms with Crippen molar-refractivity contribution in [1.29, 1.82) is 0 Å². The molecule has 2 N–H and O–H groups in total. The zero-order valence-electron chi connectivity index (χ0n) is 9.56. The Morgan fingerprint density at radius 3 is 2.56 bits per heavy atom. The molecule has 0 radical (unpaired) electrons. The van der Waals surface area contributed by atoms with Crippen molar-refractivity contribution in [3.05, 3.63) is 59.1 Å². The molecule has 0 aliphatic rings. The van der Waals surface area contributed by atoms with E-state index in [1.54, 1.807) is 48.5 Å². The molecule has 3 nitrogen and oxygen atoms in total. The van der Waals surface area contributed by atoms with E-state index in [0.717, 1.165) is 5.56 Å². The summed E-state index contributed by atoms with van der Waals surface area (Å²) in [4.78, 5) is 11.8. The number of carbonyl (C=O) groups is 1. The molecule has 0 aromatic heterocycles. The molecule has 0 saturated carbocycles. The summed E-state index contributed by atoms with van der Waals surface area (Å²) in [6.45, 7) is 0. The molecule has 2 rings (SSSR count). The van der Waals surface area contributed by atoms with E-state index in [-0.39, 0.29) is 18.1 Å². The molecule has 4 heteroatoms. The Balaban J connectivity index is 1.98. The molecule has 0 atom stereocenters. The predicted octanol–water partition coefficient (Wildman–Crippen LogP) is 3.23. The Kier molecular flexibility index (Phi) is 3.85. The zero-order valence-corrected chi connectivity index (χ0v) is 10.3. The van der Waals surface area contributed by atoms with E-state index in [2.05, 4.69) is 5.32 Å². The number of halogens is 1. The van der Waals surface area contributed by atoms with E-state index in [1.807, 2.05) is 0 Å². The summed E-state index contributed by atoms with van der Waals surface area (Å²) in [5.74, 6) is 0.0229. The number of benzene rings is 2. The van der Waals surface area contributed by atoms with Gasteiger partial charge in [0, 0.05) is 10.7 Å². The average Bonchev–Trinajstić information content (AvgIpc) is 2.32. The van der Waals surface area contributed by atoms with Crippen LogP contribution in [0.5, 0.6) is 5.75 Å². The number of phenols is 1. The first-order valence-corrected chi connectivity index (χ1v) is 5.84. The maximum absolute atomic E-state index is 11.8. The molecule has 0 fully saturated rings. The van der Waals surface area contributed by atoms with Crippen molar-refractivity contribution < 1.29 is 9.90 Å². The predicted molar refractivity (Wildman–Crippen MR) is 71.9 cm³/mol. The van der Waals surface area contributed by atoms with Gasteiger partial charge < -0.3 is 10.4 Å². The Bertz CT molecular complexity index is 552.